The largest absolute Gasteiger partial charge is 0.463 e. The lowest BCUT2D eigenvalue weighted by Crippen LogP contribution is -2.30. The Labute approximate surface area is 122 Å². The Morgan fingerprint density at radius 2 is 1.86 bits per heavy atom. The van der Waals surface area contributed by atoms with Crippen molar-refractivity contribution in [2.45, 2.75) is 32.2 Å². The van der Waals surface area contributed by atoms with Crippen molar-refractivity contribution in [3.05, 3.63) is 23.7 Å². The molecule has 21 heavy (non-hydrogen) atoms. The predicted octanol–water partition coefficient (Wildman–Crippen LogP) is 1.74. The van der Waals surface area contributed by atoms with Crippen LogP contribution in [0.1, 0.15) is 42.0 Å². The molecule has 2 atom stereocenters. The van der Waals surface area contributed by atoms with Crippen molar-refractivity contribution in [3.8, 4) is 0 Å². The van der Waals surface area contributed by atoms with Gasteiger partial charge >= 0.3 is 5.97 Å². The second-order valence-electron chi connectivity index (χ2n) is 5.52. The van der Waals surface area contributed by atoms with Crippen LogP contribution in [-0.4, -0.2) is 29.8 Å². The maximum atomic E-state index is 12.3. The SMILES string of the molecule is COC(=O)c1ccc(CN2C(=O)[C@@H]3CCCC[C@H]3C2=O)o1. The van der Waals surface area contributed by atoms with Crippen molar-refractivity contribution >= 4 is 17.8 Å². The van der Waals surface area contributed by atoms with E-state index in [1.54, 1.807) is 6.07 Å². The molecule has 1 saturated heterocycles. The highest BCUT2D eigenvalue weighted by Gasteiger charge is 2.48. The molecule has 112 valence electrons. The highest BCUT2D eigenvalue weighted by Crippen LogP contribution is 2.38. The lowest BCUT2D eigenvalue weighted by Gasteiger charge is -2.19. The fourth-order valence-electron chi connectivity index (χ4n) is 3.22. The topological polar surface area (TPSA) is 76.8 Å². The Hall–Kier alpha value is -2.11. The molecule has 6 heteroatoms. The number of imide groups is 1. The minimum atomic E-state index is -0.575. The summed E-state index contributed by atoms with van der Waals surface area (Å²) in [5.41, 5.74) is 0. The Morgan fingerprint density at radius 3 is 2.43 bits per heavy atom. The molecule has 2 amide bonds. The molecule has 2 heterocycles. The van der Waals surface area contributed by atoms with Crippen LogP contribution >= 0.6 is 0 Å². The number of likely N-dealkylation sites (tertiary alicyclic amines) is 1. The number of esters is 1. The molecule has 1 aliphatic carbocycles. The third-order valence-corrected chi connectivity index (χ3v) is 4.29. The normalized spacial score (nSPS) is 25.1. The molecule has 0 radical (unpaired) electrons. The van der Waals surface area contributed by atoms with E-state index in [1.165, 1.54) is 18.1 Å². The first-order valence-electron chi connectivity index (χ1n) is 7.14. The van der Waals surface area contributed by atoms with Crippen molar-refractivity contribution in [3.63, 3.8) is 0 Å². The van der Waals surface area contributed by atoms with Crippen LogP contribution in [0.3, 0.4) is 0 Å². The predicted molar refractivity (Wildman–Crippen MR) is 71.1 cm³/mol. The van der Waals surface area contributed by atoms with Crippen molar-refractivity contribution in [1.29, 1.82) is 0 Å². The number of carbonyl (C=O) groups is 3. The summed E-state index contributed by atoms with van der Waals surface area (Å²) in [6.45, 7) is 0.0850. The second-order valence-corrected chi connectivity index (χ2v) is 5.52. The molecule has 2 fully saturated rings. The van der Waals surface area contributed by atoms with Crippen molar-refractivity contribution in [2.24, 2.45) is 11.8 Å². The van der Waals surface area contributed by atoms with E-state index in [2.05, 4.69) is 4.74 Å². The highest BCUT2D eigenvalue weighted by molar-refractivity contribution is 6.05. The monoisotopic (exact) mass is 291 g/mol. The standard InChI is InChI=1S/C15H17NO5/c1-20-15(19)12-7-6-9(21-12)8-16-13(17)10-4-2-3-5-11(10)14(16)18/h6-7,10-11H,2-5,8H2,1H3/t10-,11-/m1/s1. The number of carbonyl (C=O) groups excluding carboxylic acids is 3. The van der Waals surface area contributed by atoms with Gasteiger partial charge in [-0.15, -0.1) is 0 Å². The molecular formula is C15H17NO5. The molecule has 1 aromatic heterocycles. The van der Waals surface area contributed by atoms with Gasteiger partial charge in [0.05, 0.1) is 25.5 Å². The summed E-state index contributed by atoms with van der Waals surface area (Å²) in [4.78, 5) is 37.2. The minimum Gasteiger partial charge on any atom is -0.463 e. The summed E-state index contributed by atoms with van der Waals surface area (Å²) in [6, 6.07) is 3.08. The maximum absolute atomic E-state index is 12.3. The zero-order valence-electron chi connectivity index (χ0n) is 11.8. The van der Waals surface area contributed by atoms with E-state index < -0.39 is 5.97 Å². The number of methoxy groups -OCH3 is 1. The molecule has 1 aromatic rings. The number of ether oxygens (including phenoxy) is 1. The lowest BCUT2D eigenvalue weighted by molar-refractivity contribution is -0.140. The van der Waals surface area contributed by atoms with Crippen LogP contribution in [0, 0.1) is 11.8 Å². The Bertz CT molecular complexity index is 567. The van der Waals surface area contributed by atoms with Crippen molar-refractivity contribution < 1.29 is 23.5 Å². The number of furan rings is 1. The second kappa shape index (κ2) is 5.35. The van der Waals surface area contributed by atoms with E-state index in [0.29, 0.717) is 5.76 Å². The van der Waals surface area contributed by atoms with Gasteiger partial charge in [0.15, 0.2) is 0 Å². The molecule has 0 bridgehead atoms. The molecule has 0 spiro atoms. The first-order chi connectivity index (χ1) is 10.1. The van der Waals surface area contributed by atoms with Gasteiger partial charge in [-0.1, -0.05) is 12.8 Å². The van der Waals surface area contributed by atoms with E-state index in [0.717, 1.165) is 25.7 Å². The zero-order chi connectivity index (χ0) is 15.0. The van der Waals surface area contributed by atoms with Crippen molar-refractivity contribution in [1.82, 2.24) is 4.90 Å². The summed E-state index contributed by atoms with van der Waals surface area (Å²) < 4.78 is 9.89. The first kappa shape index (κ1) is 13.9. The Balaban J connectivity index is 1.75. The molecule has 6 nitrogen and oxygen atoms in total. The molecule has 0 aromatic carbocycles. The number of hydrogen-bond acceptors (Lipinski definition) is 5. The van der Waals surface area contributed by atoms with Crippen molar-refractivity contribution in [2.75, 3.05) is 7.11 Å². The fraction of sp³-hybridized carbons (Fsp3) is 0.533. The quantitative estimate of drug-likeness (QED) is 0.626. The van der Waals surface area contributed by atoms with Crippen LogP contribution in [0.15, 0.2) is 16.5 Å². The number of hydrogen-bond donors (Lipinski definition) is 0. The molecule has 3 rings (SSSR count). The van der Waals surface area contributed by atoms with Crippen LogP contribution in [-0.2, 0) is 20.9 Å². The Kier molecular flexibility index (Phi) is 3.53. The molecule has 1 saturated carbocycles. The molecule has 1 aliphatic heterocycles. The third kappa shape index (κ3) is 2.34. The van der Waals surface area contributed by atoms with E-state index in [9.17, 15) is 14.4 Å². The number of fused-ring (bicyclic) bond motifs is 1. The van der Waals surface area contributed by atoms with Crippen LogP contribution in [0.5, 0.6) is 0 Å². The van der Waals surface area contributed by atoms with E-state index in [4.69, 9.17) is 4.42 Å². The van der Waals surface area contributed by atoms with Crippen LogP contribution in [0.25, 0.3) is 0 Å². The fourth-order valence-corrected chi connectivity index (χ4v) is 3.22. The third-order valence-electron chi connectivity index (χ3n) is 4.29. The van der Waals surface area contributed by atoms with Gasteiger partial charge < -0.3 is 9.15 Å². The average molecular weight is 291 g/mol. The molecular weight excluding hydrogens is 274 g/mol. The molecule has 2 aliphatic rings. The zero-order valence-corrected chi connectivity index (χ0v) is 11.8. The summed E-state index contributed by atoms with van der Waals surface area (Å²) >= 11 is 0. The van der Waals surface area contributed by atoms with E-state index in [1.807, 2.05) is 0 Å². The highest BCUT2D eigenvalue weighted by atomic mass is 16.5. The average Bonchev–Trinajstić information content (AvgIpc) is 3.07. The van der Waals surface area contributed by atoms with Gasteiger partial charge in [0, 0.05) is 0 Å². The van der Waals surface area contributed by atoms with Gasteiger partial charge in [0.25, 0.3) is 0 Å². The molecule has 0 N–H and O–H groups in total. The summed E-state index contributed by atoms with van der Waals surface area (Å²) in [7, 11) is 1.27. The number of amides is 2. The minimum absolute atomic E-state index is 0.0732. The van der Waals surface area contributed by atoms with Gasteiger partial charge in [-0.2, -0.15) is 0 Å². The maximum Gasteiger partial charge on any atom is 0.373 e. The summed E-state index contributed by atoms with van der Waals surface area (Å²) in [6.07, 6.45) is 3.58. The van der Waals surface area contributed by atoms with Gasteiger partial charge in [-0.25, -0.2) is 4.79 Å². The summed E-state index contributed by atoms with van der Waals surface area (Å²) in [5.74, 6) is -0.641. The van der Waals surface area contributed by atoms with Gasteiger partial charge in [0.1, 0.15) is 5.76 Å². The number of rotatable bonds is 3. The smallest absolute Gasteiger partial charge is 0.373 e. The van der Waals surface area contributed by atoms with Gasteiger partial charge in [0.2, 0.25) is 17.6 Å². The lowest BCUT2D eigenvalue weighted by atomic mass is 9.81. The Morgan fingerprint density at radius 1 is 1.24 bits per heavy atom. The van der Waals surface area contributed by atoms with Crippen LogP contribution in [0.4, 0.5) is 0 Å². The number of nitrogens with zero attached hydrogens (tertiary/aromatic N) is 1. The summed E-state index contributed by atoms with van der Waals surface area (Å²) in [5, 5.41) is 0. The van der Waals surface area contributed by atoms with Gasteiger partial charge in [-0.3, -0.25) is 14.5 Å². The van der Waals surface area contributed by atoms with Crippen LogP contribution in [0.2, 0.25) is 0 Å². The van der Waals surface area contributed by atoms with E-state index >= 15 is 0 Å². The molecule has 0 unspecified atom stereocenters. The van der Waals surface area contributed by atoms with Gasteiger partial charge in [-0.05, 0) is 25.0 Å². The first-order valence-corrected chi connectivity index (χ1v) is 7.14. The van der Waals surface area contributed by atoms with Crippen LogP contribution < -0.4 is 0 Å². The van der Waals surface area contributed by atoms with E-state index in [-0.39, 0.29) is 36.0 Å².